The van der Waals surface area contributed by atoms with Crippen molar-refractivity contribution in [3.05, 3.63) is 88.4 Å². The van der Waals surface area contributed by atoms with E-state index in [9.17, 15) is 9.59 Å². The Morgan fingerprint density at radius 1 is 0.980 bits per heavy atom. The number of carbonyl (C=O) groups is 2. The Balaban J connectivity index is 0.00000417. The summed E-state index contributed by atoms with van der Waals surface area (Å²) in [6.45, 7) is 9.45. The topological polar surface area (TPSA) is 115 Å². The predicted octanol–water partition coefficient (Wildman–Crippen LogP) is 6.52. The van der Waals surface area contributed by atoms with E-state index in [0.717, 1.165) is 32.4 Å². The van der Waals surface area contributed by atoms with Crippen LogP contribution >= 0.6 is 36.4 Å². The van der Waals surface area contributed by atoms with Gasteiger partial charge < -0.3 is 35.5 Å². The average molecular weight is 738 g/mol. The van der Waals surface area contributed by atoms with Gasteiger partial charge in [0.05, 0.1) is 20.1 Å². The molecule has 0 saturated heterocycles. The highest BCUT2D eigenvalue weighted by atomic mass is 35.5. The molecule has 12 heteroatoms. The molecule has 0 radical (unpaired) electrons. The second-order valence-corrected chi connectivity index (χ2v) is 13.4. The molecule has 1 aliphatic heterocycles. The second kappa shape index (κ2) is 20.6. The third-order valence-corrected chi connectivity index (χ3v) is 8.02. The number of amides is 2. The number of nitrogens with zero attached hydrogens (tertiary/aromatic N) is 1. The van der Waals surface area contributed by atoms with E-state index < -0.39 is 12.2 Å². The number of carbonyl (C=O) groups excluding carboxylic acids is 2. The van der Waals surface area contributed by atoms with Crippen LogP contribution in [-0.4, -0.2) is 64.4 Å². The lowest BCUT2D eigenvalue weighted by atomic mass is 9.94. The average Bonchev–Trinajstić information content (AvgIpc) is 3.15. The molecule has 4 N–H and O–H groups in total. The van der Waals surface area contributed by atoms with E-state index in [1.807, 2.05) is 36.4 Å². The van der Waals surface area contributed by atoms with Crippen LogP contribution in [0, 0.1) is 5.41 Å². The summed E-state index contributed by atoms with van der Waals surface area (Å²) in [7, 11) is 1.59. The third-order valence-electron chi connectivity index (χ3n) is 7.79. The maximum atomic E-state index is 14.1. The Kier molecular flexibility index (Phi) is 17.7. The van der Waals surface area contributed by atoms with Crippen molar-refractivity contribution in [2.24, 2.45) is 11.1 Å². The van der Waals surface area contributed by atoms with Crippen molar-refractivity contribution >= 4 is 53.9 Å². The van der Waals surface area contributed by atoms with Crippen LogP contribution in [0.3, 0.4) is 0 Å². The summed E-state index contributed by atoms with van der Waals surface area (Å²) in [5.74, 6) is 0.462. The summed E-state index contributed by atoms with van der Waals surface area (Å²) in [4.78, 5) is 28.7. The maximum absolute atomic E-state index is 14.1. The van der Waals surface area contributed by atoms with Gasteiger partial charge in [0.1, 0.15) is 12.2 Å². The van der Waals surface area contributed by atoms with Crippen molar-refractivity contribution in [3.63, 3.8) is 0 Å². The van der Waals surface area contributed by atoms with E-state index in [1.54, 1.807) is 18.1 Å². The largest absolute Gasteiger partial charge is 0.492 e. The molecule has 3 aromatic carbocycles. The van der Waals surface area contributed by atoms with Crippen LogP contribution in [0.4, 0.5) is 5.69 Å². The molecule has 0 bridgehead atoms. The van der Waals surface area contributed by atoms with Gasteiger partial charge in [-0.3, -0.25) is 9.59 Å². The SMILES string of the molecule is COc1c(OCCCNCCCc2ccccc2)cccc1[C@H]1O[C@H](CC(=O)NCCN)C(=O)N(CC(C)(C)C)c2ccc(Cl)cc21.Cl.Cl. The number of hydrogen-bond acceptors (Lipinski definition) is 7. The fourth-order valence-corrected chi connectivity index (χ4v) is 5.85. The highest BCUT2D eigenvalue weighted by Gasteiger charge is 2.40. The molecule has 270 valence electrons. The van der Waals surface area contributed by atoms with Crippen LogP contribution in [0.5, 0.6) is 11.5 Å². The first-order chi connectivity index (χ1) is 22.6. The Morgan fingerprint density at radius 3 is 2.41 bits per heavy atom. The van der Waals surface area contributed by atoms with E-state index in [4.69, 9.17) is 31.5 Å². The van der Waals surface area contributed by atoms with Crippen molar-refractivity contribution in [1.82, 2.24) is 10.6 Å². The lowest BCUT2D eigenvalue weighted by molar-refractivity contribution is -0.138. The number of fused-ring (bicyclic) bond motifs is 1. The fourth-order valence-electron chi connectivity index (χ4n) is 5.67. The number of nitrogens with one attached hydrogen (secondary N) is 2. The highest BCUT2D eigenvalue weighted by Crippen LogP contribution is 2.45. The van der Waals surface area contributed by atoms with Crippen LogP contribution in [0.15, 0.2) is 66.7 Å². The number of para-hydroxylation sites is 1. The molecule has 0 aromatic heterocycles. The zero-order chi connectivity index (χ0) is 33.8. The molecule has 2 atom stereocenters. The predicted molar refractivity (Wildman–Crippen MR) is 202 cm³/mol. The number of rotatable bonds is 16. The molecule has 1 heterocycles. The normalized spacial score (nSPS) is 15.7. The van der Waals surface area contributed by atoms with Crippen LogP contribution in [-0.2, 0) is 20.7 Å². The number of anilines is 1. The lowest BCUT2D eigenvalue weighted by Crippen LogP contribution is -2.45. The van der Waals surface area contributed by atoms with E-state index in [2.05, 4.69) is 55.7 Å². The molecular formula is C37H51Cl3N4O5. The molecule has 9 nitrogen and oxygen atoms in total. The number of hydrogen-bond donors (Lipinski definition) is 3. The number of nitrogens with two attached hydrogens (primary N) is 1. The van der Waals surface area contributed by atoms with Crippen LogP contribution < -0.4 is 30.7 Å². The molecule has 0 spiro atoms. The summed E-state index contributed by atoms with van der Waals surface area (Å²) >= 11 is 6.55. The van der Waals surface area contributed by atoms with Gasteiger partial charge in [0.2, 0.25) is 5.91 Å². The Hall–Kier alpha value is -3.05. The molecule has 4 rings (SSSR count). The van der Waals surface area contributed by atoms with Gasteiger partial charge >= 0.3 is 0 Å². The molecule has 0 unspecified atom stereocenters. The first kappa shape index (κ1) is 42.1. The summed E-state index contributed by atoms with van der Waals surface area (Å²) in [6, 6.07) is 21.6. The van der Waals surface area contributed by atoms with E-state index >= 15 is 0 Å². The van der Waals surface area contributed by atoms with Crippen molar-refractivity contribution < 1.29 is 23.8 Å². The highest BCUT2D eigenvalue weighted by molar-refractivity contribution is 6.30. The quantitative estimate of drug-likeness (QED) is 0.144. The first-order valence-corrected chi connectivity index (χ1v) is 16.8. The van der Waals surface area contributed by atoms with Crippen LogP contribution in [0.25, 0.3) is 0 Å². The summed E-state index contributed by atoms with van der Waals surface area (Å²) in [5.41, 5.74) is 8.76. The van der Waals surface area contributed by atoms with Crippen molar-refractivity contribution in [2.75, 3.05) is 51.3 Å². The number of methoxy groups -OCH3 is 1. The molecule has 0 aliphatic carbocycles. The standard InChI is InChI=1S/C37H49ClN4O5.2ClH/c1-37(2,3)25-42-30-17-16-27(38)23-29(30)34(47-32(36(42)44)24-33(43)41-21-18-39)28-14-8-15-31(35(28)45-4)46-22-10-20-40-19-9-13-26-11-6-5-7-12-26;;/h5-8,11-12,14-17,23,32,34,40H,9-10,13,18-22,24-25,39H2,1-4H3,(H,41,43);2*1H/t32-,34-;;/m1../s1. The lowest BCUT2D eigenvalue weighted by Gasteiger charge is -2.31. The fraction of sp³-hybridized carbons (Fsp3) is 0.459. The number of halogens is 3. The first-order valence-electron chi connectivity index (χ1n) is 16.4. The zero-order valence-corrected chi connectivity index (χ0v) is 31.2. The third kappa shape index (κ3) is 12.3. The van der Waals surface area contributed by atoms with Gasteiger partial charge in [0.25, 0.3) is 5.91 Å². The summed E-state index contributed by atoms with van der Waals surface area (Å²) in [6.07, 6.45) is 0.939. The van der Waals surface area contributed by atoms with Gasteiger partial charge in [0.15, 0.2) is 11.5 Å². The van der Waals surface area contributed by atoms with E-state index in [0.29, 0.717) is 59.6 Å². The van der Waals surface area contributed by atoms with Gasteiger partial charge in [-0.1, -0.05) is 74.8 Å². The smallest absolute Gasteiger partial charge is 0.256 e. The second-order valence-electron chi connectivity index (χ2n) is 13.0. The van der Waals surface area contributed by atoms with E-state index in [-0.39, 0.29) is 48.5 Å². The molecule has 49 heavy (non-hydrogen) atoms. The summed E-state index contributed by atoms with van der Waals surface area (Å²) < 4.78 is 18.8. The van der Waals surface area contributed by atoms with Gasteiger partial charge in [-0.05, 0) is 67.6 Å². The van der Waals surface area contributed by atoms with Crippen molar-refractivity contribution in [2.45, 2.75) is 58.7 Å². The minimum atomic E-state index is -1.06. The Bertz CT molecular complexity index is 1470. The zero-order valence-electron chi connectivity index (χ0n) is 28.8. The van der Waals surface area contributed by atoms with E-state index in [1.165, 1.54) is 5.56 Å². The van der Waals surface area contributed by atoms with Gasteiger partial charge in [-0.25, -0.2) is 0 Å². The van der Waals surface area contributed by atoms with Gasteiger partial charge in [-0.2, -0.15) is 0 Å². The molecule has 2 amide bonds. The number of ether oxygens (including phenoxy) is 3. The molecular weight excluding hydrogens is 687 g/mol. The Labute approximate surface area is 308 Å². The number of aryl methyl sites for hydroxylation is 1. The van der Waals surface area contributed by atoms with Gasteiger partial charge in [0, 0.05) is 41.5 Å². The minimum absolute atomic E-state index is 0. The summed E-state index contributed by atoms with van der Waals surface area (Å²) in [5, 5.41) is 6.76. The number of benzene rings is 3. The molecule has 1 aliphatic rings. The monoisotopic (exact) mass is 736 g/mol. The van der Waals surface area contributed by atoms with Gasteiger partial charge in [-0.15, -0.1) is 24.8 Å². The van der Waals surface area contributed by atoms with Crippen molar-refractivity contribution in [1.29, 1.82) is 0 Å². The molecule has 3 aromatic rings. The molecule has 0 fully saturated rings. The maximum Gasteiger partial charge on any atom is 0.256 e. The van der Waals surface area contributed by atoms with Crippen molar-refractivity contribution in [3.8, 4) is 11.5 Å². The molecule has 0 saturated carbocycles. The Morgan fingerprint density at radius 2 is 1.71 bits per heavy atom. The van der Waals surface area contributed by atoms with Crippen LogP contribution in [0.2, 0.25) is 5.02 Å². The minimum Gasteiger partial charge on any atom is -0.492 e. The van der Waals surface area contributed by atoms with Crippen LogP contribution in [0.1, 0.15) is 62.8 Å².